The molecular formula is C13H18N4O2S. The van der Waals surface area contributed by atoms with E-state index in [1.54, 1.807) is 7.11 Å². The van der Waals surface area contributed by atoms with E-state index in [1.165, 1.54) is 11.8 Å². The number of benzene rings is 1. The van der Waals surface area contributed by atoms with Crippen LogP contribution in [0.25, 0.3) is 11.0 Å². The maximum Gasteiger partial charge on any atom is 0.247 e. The van der Waals surface area contributed by atoms with Gasteiger partial charge < -0.3 is 9.72 Å². The van der Waals surface area contributed by atoms with Gasteiger partial charge in [-0.05, 0) is 18.6 Å². The van der Waals surface area contributed by atoms with E-state index in [9.17, 15) is 4.79 Å². The van der Waals surface area contributed by atoms with E-state index in [1.807, 2.05) is 25.1 Å². The van der Waals surface area contributed by atoms with Crippen LogP contribution in [0, 0.1) is 0 Å². The van der Waals surface area contributed by atoms with Crippen molar-refractivity contribution in [3.05, 3.63) is 18.2 Å². The van der Waals surface area contributed by atoms with E-state index in [0.29, 0.717) is 5.16 Å². The molecule has 6 nitrogen and oxygen atoms in total. The molecule has 1 aromatic carbocycles. The van der Waals surface area contributed by atoms with Gasteiger partial charge in [-0.3, -0.25) is 10.2 Å². The number of nitrogens with two attached hydrogens (primary N) is 1. The lowest BCUT2D eigenvalue weighted by atomic mass is 10.2. The summed E-state index contributed by atoms with van der Waals surface area (Å²) in [4.78, 5) is 19.4. The summed E-state index contributed by atoms with van der Waals surface area (Å²) >= 11 is 1.39. The van der Waals surface area contributed by atoms with Gasteiger partial charge in [-0.15, -0.1) is 0 Å². The molecule has 0 bridgehead atoms. The van der Waals surface area contributed by atoms with Gasteiger partial charge in [0.2, 0.25) is 5.91 Å². The van der Waals surface area contributed by atoms with E-state index in [-0.39, 0.29) is 11.2 Å². The number of aromatic amines is 1. The van der Waals surface area contributed by atoms with Crippen LogP contribution in [-0.2, 0) is 4.79 Å². The fourth-order valence-corrected chi connectivity index (χ4v) is 3.00. The number of fused-ring (bicyclic) bond motifs is 1. The second-order valence-electron chi connectivity index (χ2n) is 4.33. The van der Waals surface area contributed by atoms with E-state index in [2.05, 4.69) is 15.4 Å². The molecule has 1 unspecified atom stereocenters. The first kappa shape index (κ1) is 14.7. The molecule has 1 amide bonds. The number of nitrogens with one attached hydrogen (secondary N) is 2. The number of ether oxygens (including phenoxy) is 1. The lowest BCUT2D eigenvalue weighted by Crippen LogP contribution is -2.37. The van der Waals surface area contributed by atoms with Gasteiger partial charge in [0, 0.05) is 6.07 Å². The van der Waals surface area contributed by atoms with Gasteiger partial charge in [0.1, 0.15) is 5.75 Å². The van der Waals surface area contributed by atoms with Crippen LogP contribution in [0.5, 0.6) is 5.75 Å². The molecule has 0 saturated heterocycles. The van der Waals surface area contributed by atoms with Crippen LogP contribution in [-0.4, -0.2) is 28.2 Å². The van der Waals surface area contributed by atoms with Crippen LogP contribution in [0.4, 0.5) is 0 Å². The number of thioether (sulfide) groups is 1. The molecule has 0 aliphatic heterocycles. The predicted molar refractivity (Wildman–Crippen MR) is 79.5 cm³/mol. The number of amides is 1. The minimum absolute atomic E-state index is 0.185. The number of hydrogen-bond acceptors (Lipinski definition) is 5. The second-order valence-corrected chi connectivity index (χ2v) is 5.52. The largest absolute Gasteiger partial charge is 0.497 e. The number of aromatic nitrogens is 2. The fraction of sp³-hybridized carbons (Fsp3) is 0.385. The van der Waals surface area contributed by atoms with Crippen molar-refractivity contribution in [2.75, 3.05) is 7.11 Å². The van der Waals surface area contributed by atoms with E-state index < -0.39 is 0 Å². The summed E-state index contributed by atoms with van der Waals surface area (Å²) in [6.45, 7) is 2.03. The zero-order valence-corrected chi connectivity index (χ0v) is 12.3. The quantitative estimate of drug-likeness (QED) is 0.327. The smallest absolute Gasteiger partial charge is 0.247 e. The topological polar surface area (TPSA) is 93.0 Å². The first-order chi connectivity index (χ1) is 9.67. The lowest BCUT2D eigenvalue weighted by molar-refractivity contribution is -0.120. The third-order valence-corrected chi connectivity index (χ3v) is 4.06. The number of rotatable bonds is 6. The number of nitrogens with zero attached hydrogens (tertiary/aromatic N) is 1. The summed E-state index contributed by atoms with van der Waals surface area (Å²) in [7, 11) is 1.62. The Balaban J connectivity index is 2.21. The predicted octanol–water partition coefficient (Wildman–Crippen LogP) is 1.82. The van der Waals surface area contributed by atoms with Crippen LogP contribution >= 0.6 is 11.8 Å². The molecule has 1 atom stereocenters. The van der Waals surface area contributed by atoms with Gasteiger partial charge in [0.15, 0.2) is 5.16 Å². The number of carbonyl (C=O) groups excluding carboxylic acids is 1. The van der Waals surface area contributed by atoms with Crippen molar-refractivity contribution in [1.82, 2.24) is 15.4 Å². The molecule has 20 heavy (non-hydrogen) atoms. The molecule has 1 aromatic heterocycles. The SMILES string of the molecule is CCCC(Sc1nc2ccc(OC)cc2[nH]1)C(=O)NN. The van der Waals surface area contributed by atoms with Crippen LogP contribution < -0.4 is 16.0 Å². The minimum Gasteiger partial charge on any atom is -0.497 e. The third kappa shape index (κ3) is 3.23. The van der Waals surface area contributed by atoms with Gasteiger partial charge in [-0.1, -0.05) is 25.1 Å². The van der Waals surface area contributed by atoms with Crippen LogP contribution in [0.1, 0.15) is 19.8 Å². The van der Waals surface area contributed by atoms with Gasteiger partial charge in [-0.2, -0.15) is 0 Å². The molecule has 0 aliphatic carbocycles. The molecule has 0 fully saturated rings. The normalized spacial score (nSPS) is 12.3. The Labute approximate surface area is 121 Å². The number of imidazole rings is 1. The van der Waals surface area contributed by atoms with Gasteiger partial charge in [0.25, 0.3) is 0 Å². The lowest BCUT2D eigenvalue weighted by Gasteiger charge is -2.11. The second kappa shape index (κ2) is 6.62. The summed E-state index contributed by atoms with van der Waals surface area (Å²) in [5.41, 5.74) is 3.93. The number of methoxy groups -OCH3 is 1. The summed E-state index contributed by atoms with van der Waals surface area (Å²) in [6.07, 6.45) is 1.65. The Kier molecular flexibility index (Phi) is 4.86. The molecule has 7 heteroatoms. The van der Waals surface area contributed by atoms with E-state index >= 15 is 0 Å². The number of hydrazine groups is 1. The van der Waals surface area contributed by atoms with Crippen molar-refractivity contribution >= 4 is 28.7 Å². The Morgan fingerprint density at radius 1 is 1.60 bits per heavy atom. The van der Waals surface area contributed by atoms with Crippen molar-refractivity contribution < 1.29 is 9.53 Å². The zero-order chi connectivity index (χ0) is 14.5. The van der Waals surface area contributed by atoms with Gasteiger partial charge in [0.05, 0.1) is 23.4 Å². The average molecular weight is 294 g/mol. The maximum atomic E-state index is 11.7. The first-order valence-electron chi connectivity index (χ1n) is 6.38. The molecule has 1 heterocycles. The number of carbonyl (C=O) groups is 1. The molecule has 108 valence electrons. The highest BCUT2D eigenvalue weighted by Crippen LogP contribution is 2.27. The average Bonchev–Trinajstić information content (AvgIpc) is 2.87. The molecule has 0 aliphatic rings. The van der Waals surface area contributed by atoms with Crippen LogP contribution in [0.2, 0.25) is 0 Å². The standard InChI is InChI=1S/C13H18N4O2S/c1-3-4-11(12(18)17-14)20-13-15-9-6-5-8(19-2)7-10(9)16-13/h5-7,11H,3-4,14H2,1-2H3,(H,15,16)(H,17,18). The first-order valence-corrected chi connectivity index (χ1v) is 7.26. The molecule has 0 radical (unpaired) electrons. The summed E-state index contributed by atoms with van der Waals surface area (Å²) in [5, 5.41) is 0.461. The van der Waals surface area contributed by atoms with Crippen LogP contribution in [0.15, 0.2) is 23.4 Å². The van der Waals surface area contributed by atoms with Crippen molar-refractivity contribution in [2.45, 2.75) is 30.2 Å². The Morgan fingerprint density at radius 3 is 3.05 bits per heavy atom. The van der Waals surface area contributed by atoms with Gasteiger partial charge in [-0.25, -0.2) is 10.8 Å². The van der Waals surface area contributed by atoms with Crippen molar-refractivity contribution in [2.24, 2.45) is 5.84 Å². The zero-order valence-electron chi connectivity index (χ0n) is 11.5. The van der Waals surface area contributed by atoms with Crippen LogP contribution in [0.3, 0.4) is 0 Å². The molecule has 4 N–H and O–H groups in total. The van der Waals surface area contributed by atoms with Gasteiger partial charge >= 0.3 is 0 Å². The Morgan fingerprint density at radius 2 is 2.40 bits per heavy atom. The Hall–Kier alpha value is -1.73. The molecular weight excluding hydrogens is 276 g/mol. The minimum atomic E-state index is -0.243. The fourth-order valence-electron chi connectivity index (χ4n) is 1.88. The monoisotopic (exact) mass is 294 g/mol. The van der Waals surface area contributed by atoms with Crippen molar-refractivity contribution in [3.8, 4) is 5.75 Å². The Bertz CT molecular complexity index is 599. The van der Waals surface area contributed by atoms with Crippen molar-refractivity contribution in [3.63, 3.8) is 0 Å². The molecule has 0 spiro atoms. The molecule has 0 saturated carbocycles. The third-order valence-electron chi connectivity index (χ3n) is 2.91. The highest BCUT2D eigenvalue weighted by Gasteiger charge is 2.19. The summed E-state index contributed by atoms with van der Waals surface area (Å²) < 4.78 is 5.17. The van der Waals surface area contributed by atoms with E-state index in [0.717, 1.165) is 29.6 Å². The summed E-state index contributed by atoms with van der Waals surface area (Å²) in [5.74, 6) is 5.79. The maximum absolute atomic E-state index is 11.7. The molecule has 2 aromatic rings. The number of hydrogen-bond donors (Lipinski definition) is 3. The summed E-state index contributed by atoms with van der Waals surface area (Å²) in [6, 6.07) is 5.62. The highest BCUT2D eigenvalue weighted by molar-refractivity contribution is 8.00. The highest BCUT2D eigenvalue weighted by atomic mass is 32.2. The molecule has 2 rings (SSSR count). The number of H-pyrrole nitrogens is 1. The van der Waals surface area contributed by atoms with E-state index in [4.69, 9.17) is 10.6 Å². The van der Waals surface area contributed by atoms with Crippen molar-refractivity contribution in [1.29, 1.82) is 0 Å².